The molecule has 4 rings (SSSR count). The molecule has 7 heteroatoms. The second kappa shape index (κ2) is 7.14. The van der Waals surface area contributed by atoms with Gasteiger partial charge in [0.1, 0.15) is 12.7 Å². The van der Waals surface area contributed by atoms with Gasteiger partial charge in [-0.05, 0) is 32.2 Å². The van der Waals surface area contributed by atoms with Crippen LogP contribution in [0.2, 0.25) is 0 Å². The maximum Gasteiger partial charge on any atom is 0.241 e. The molecule has 1 fully saturated rings. The van der Waals surface area contributed by atoms with Crippen LogP contribution in [-0.2, 0) is 13.1 Å². The molecule has 130 valence electrons. The van der Waals surface area contributed by atoms with Crippen molar-refractivity contribution in [3.63, 3.8) is 0 Å². The quantitative estimate of drug-likeness (QED) is 0.712. The first-order chi connectivity index (χ1) is 12.3. The Morgan fingerprint density at radius 3 is 2.92 bits per heavy atom. The van der Waals surface area contributed by atoms with Crippen molar-refractivity contribution < 1.29 is 4.52 Å². The number of nitrogens with zero attached hydrogens (tertiary/aromatic N) is 6. The van der Waals surface area contributed by atoms with Gasteiger partial charge in [-0.15, -0.1) is 0 Å². The molecule has 2 aromatic heterocycles. The molecule has 25 heavy (non-hydrogen) atoms. The molecule has 0 spiro atoms. The Labute approximate surface area is 146 Å². The summed E-state index contributed by atoms with van der Waals surface area (Å²) in [5, 5.41) is 8.33. The summed E-state index contributed by atoms with van der Waals surface area (Å²) < 4.78 is 7.38. The largest absolute Gasteiger partial charge is 0.338 e. The van der Waals surface area contributed by atoms with Crippen molar-refractivity contribution in [1.82, 2.24) is 29.8 Å². The first kappa shape index (κ1) is 16.0. The van der Waals surface area contributed by atoms with Crippen LogP contribution in [0.4, 0.5) is 0 Å². The number of aromatic nitrogens is 5. The molecule has 1 aliphatic rings. The molecular weight excluding hydrogens is 316 g/mol. The molecule has 0 amide bonds. The molecule has 0 saturated carbocycles. The Bertz CT molecular complexity index is 795. The van der Waals surface area contributed by atoms with Crippen molar-refractivity contribution in [1.29, 1.82) is 0 Å². The minimum Gasteiger partial charge on any atom is -0.338 e. The van der Waals surface area contributed by atoms with E-state index in [2.05, 4.69) is 44.2 Å². The number of likely N-dealkylation sites (tertiary alicyclic amines) is 1. The van der Waals surface area contributed by atoms with Crippen LogP contribution >= 0.6 is 0 Å². The highest BCUT2D eigenvalue weighted by Gasteiger charge is 2.22. The molecule has 0 unspecified atom stereocenters. The number of hydrogen-bond acceptors (Lipinski definition) is 6. The summed E-state index contributed by atoms with van der Waals surface area (Å²) in [4.78, 5) is 11.0. The fourth-order valence-corrected chi connectivity index (χ4v) is 3.37. The van der Waals surface area contributed by atoms with E-state index in [1.54, 1.807) is 12.7 Å². The van der Waals surface area contributed by atoms with Crippen LogP contribution in [0.3, 0.4) is 0 Å². The van der Waals surface area contributed by atoms with Crippen LogP contribution in [0.25, 0.3) is 11.4 Å². The lowest BCUT2D eigenvalue weighted by Crippen LogP contribution is -2.36. The Kier molecular flexibility index (Phi) is 4.56. The highest BCUT2D eigenvalue weighted by molar-refractivity contribution is 5.54. The van der Waals surface area contributed by atoms with Gasteiger partial charge in [-0.3, -0.25) is 9.58 Å². The normalized spacial score (nSPS) is 18.5. The first-order valence-electron chi connectivity index (χ1n) is 8.70. The lowest BCUT2D eigenvalue weighted by molar-refractivity contribution is 0.138. The molecular formula is C18H22N6O. The summed E-state index contributed by atoms with van der Waals surface area (Å²) in [6.07, 6.45) is 5.77. The zero-order valence-electron chi connectivity index (χ0n) is 14.4. The highest BCUT2D eigenvalue weighted by Crippen LogP contribution is 2.21. The van der Waals surface area contributed by atoms with Gasteiger partial charge < -0.3 is 4.52 Å². The van der Waals surface area contributed by atoms with Crippen LogP contribution in [0.1, 0.15) is 24.3 Å². The molecule has 1 aromatic carbocycles. The zero-order chi connectivity index (χ0) is 17.1. The molecule has 3 heterocycles. The first-order valence-corrected chi connectivity index (χ1v) is 8.70. The van der Waals surface area contributed by atoms with E-state index in [1.807, 2.05) is 16.8 Å². The van der Waals surface area contributed by atoms with E-state index >= 15 is 0 Å². The standard InChI is InChI=1S/C18H22N6O/c1-14-4-6-16(7-5-14)18-21-17(25-22-18)11-23-8-2-3-15(9-23)10-24-13-19-12-20-24/h4-7,12-13,15H,2-3,8-11H2,1H3/t15-/m1/s1. The third-order valence-corrected chi connectivity index (χ3v) is 4.65. The average molecular weight is 338 g/mol. The molecule has 1 aliphatic heterocycles. The van der Waals surface area contributed by atoms with Gasteiger partial charge in [-0.2, -0.15) is 10.1 Å². The molecule has 1 atom stereocenters. The van der Waals surface area contributed by atoms with Gasteiger partial charge in [0.2, 0.25) is 11.7 Å². The average Bonchev–Trinajstić information content (AvgIpc) is 3.28. The summed E-state index contributed by atoms with van der Waals surface area (Å²) in [6, 6.07) is 8.17. The van der Waals surface area contributed by atoms with Gasteiger partial charge >= 0.3 is 0 Å². The summed E-state index contributed by atoms with van der Waals surface area (Å²) in [5.41, 5.74) is 2.21. The highest BCUT2D eigenvalue weighted by atomic mass is 16.5. The summed E-state index contributed by atoms with van der Waals surface area (Å²) in [7, 11) is 0. The molecule has 0 N–H and O–H groups in total. The maximum absolute atomic E-state index is 5.46. The second-order valence-corrected chi connectivity index (χ2v) is 6.74. The van der Waals surface area contributed by atoms with E-state index in [0.29, 0.717) is 24.2 Å². The Balaban J connectivity index is 1.37. The van der Waals surface area contributed by atoms with Crippen LogP contribution < -0.4 is 0 Å². The van der Waals surface area contributed by atoms with Crippen LogP contribution in [0.5, 0.6) is 0 Å². The van der Waals surface area contributed by atoms with Gasteiger partial charge in [0.25, 0.3) is 0 Å². The lowest BCUT2D eigenvalue weighted by Gasteiger charge is -2.31. The molecule has 3 aromatic rings. The molecule has 1 saturated heterocycles. The molecule has 0 radical (unpaired) electrons. The number of benzene rings is 1. The van der Waals surface area contributed by atoms with E-state index in [-0.39, 0.29) is 0 Å². The van der Waals surface area contributed by atoms with Crippen molar-refractivity contribution in [3.05, 3.63) is 48.4 Å². The third kappa shape index (κ3) is 3.93. The fraction of sp³-hybridized carbons (Fsp3) is 0.444. The summed E-state index contributed by atoms with van der Waals surface area (Å²) >= 11 is 0. The minimum absolute atomic E-state index is 0.579. The van der Waals surface area contributed by atoms with E-state index in [4.69, 9.17) is 4.52 Å². The van der Waals surface area contributed by atoms with Crippen LogP contribution in [-0.4, -0.2) is 42.9 Å². The number of aryl methyl sites for hydroxylation is 1. The van der Waals surface area contributed by atoms with Gasteiger partial charge in [0.15, 0.2) is 0 Å². The summed E-state index contributed by atoms with van der Waals surface area (Å²) in [6.45, 7) is 5.76. The van der Waals surface area contributed by atoms with Gasteiger partial charge in [-0.1, -0.05) is 35.0 Å². The number of piperidine rings is 1. The van der Waals surface area contributed by atoms with E-state index < -0.39 is 0 Å². The molecule has 7 nitrogen and oxygen atoms in total. The topological polar surface area (TPSA) is 72.9 Å². The van der Waals surface area contributed by atoms with Crippen molar-refractivity contribution in [2.24, 2.45) is 5.92 Å². The monoisotopic (exact) mass is 338 g/mol. The smallest absolute Gasteiger partial charge is 0.241 e. The van der Waals surface area contributed by atoms with Gasteiger partial charge in [-0.25, -0.2) is 4.98 Å². The SMILES string of the molecule is Cc1ccc(-c2noc(CN3CCC[C@@H](Cn4cncn4)C3)n2)cc1. The van der Waals surface area contributed by atoms with E-state index in [1.165, 1.54) is 18.4 Å². The van der Waals surface area contributed by atoms with E-state index in [0.717, 1.165) is 25.2 Å². The van der Waals surface area contributed by atoms with E-state index in [9.17, 15) is 0 Å². The lowest BCUT2D eigenvalue weighted by atomic mass is 9.98. The van der Waals surface area contributed by atoms with Crippen molar-refractivity contribution in [2.45, 2.75) is 32.9 Å². The second-order valence-electron chi connectivity index (χ2n) is 6.74. The predicted molar refractivity (Wildman–Crippen MR) is 92.5 cm³/mol. The Morgan fingerprint density at radius 2 is 2.12 bits per heavy atom. The van der Waals surface area contributed by atoms with Gasteiger partial charge in [0, 0.05) is 18.7 Å². The maximum atomic E-state index is 5.46. The van der Waals surface area contributed by atoms with Crippen LogP contribution in [0.15, 0.2) is 41.4 Å². The Hall–Kier alpha value is -2.54. The number of rotatable bonds is 5. The fourth-order valence-electron chi connectivity index (χ4n) is 3.37. The minimum atomic E-state index is 0.579. The van der Waals surface area contributed by atoms with Gasteiger partial charge in [0.05, 0.1) is 6.54 Å². The van der Waals surface area contributed by atoms with Crippen molar-refractivity contribution in [2.75, 3.05) is 13.1 Å². The van der Waals surface area contributed by atoms with Crippen molar-refractivity contribution in [3.8, 4) is 11.4 Å². The molecule has 0 bridgehead atoms. The molecule has 0 aliphatic carbocycles. The zero-order valence-corrected chi connectivity index (χ0v) is 14.4. The summed E-state index contributed by atoms with van der Waals surface area (Å²) in [5.74, 6) is 1.91. The van der Waals surface area contributed by atoms with Crippen molar-refractivity contribution >= 4 is 0 Å². The van der Waals surface area contributed by atoms with Crippen LogP contribution in [0, 0.1) is 12.8 Å². The third-order valence-electron chi connectivity index (χ3n) is 4.65. The predicted octanol–water partition coefficient (Wildman–Crippen LogP) is 2.55. The number of hydrogen-bond donors (Lipinski definition) is 0. The Morgan fingerprint density at radius 1 is 1.24 bits per heavy atom.